The fourth-order valence-corrected chi connectivity index (χ4v) is 8.92. The number of piperidine rings is 2. The summed E-state index contributed by atoms with van der Waals surface area (Å²) in [5, 5.41) is 7.52. The lowest BCUT2D eigenvalue weighted by molar-refractivity contribution is -0.134. The third kappa shape index (κ3) is 7.07. The van der Waals surface area contributed by atoms with Gasteiger partial charge in [0.05, 0.1) is 23.9 Å². The Morgan fingerprint density at radius 2 is 1.59 bits per heavy atom. The van der Waals surface area contributed by atoms with Crippen molar-refractivity contribution in [1.82, 2.24) is 34.7 Å². The van der Waals surface area contributed by atoms with Crippen LogP contribution in [0.4, 0.5) is 16.0 Å². The lowest BCUT2D eigenvalue weighted by Crippen LogP contribution is -2.53. The first-order valence-electron chi connectivity index (χ1n) is 19.4. The number of anilines is 2. The minimum absolute atomic E-state index is 0.0864. The molecule has 3 aromatic heterocycles. The highest BCUT2D eigenvalue weighted by molar-refractivity contribution is 6.00. The quantitative estimate of drug-likeness (QED) is 0.206. The number of imidazole rings is 1. The second kappa shape index (κ2) is 14.9. The molecule has 54 heavy (non-hydrogen) atoms. The van der Waals surface area contributed by atoms with E-state index >= 15 is 0 Å². The largest absolute Gasteiger partial charge is 0.354 e. The van der Waals surface area contributed by atoms with Gasteiger partial charge in [-0.2, -0.15) is 0 Å². The summed E-state index contributed by atoms with van der Waals surface area (Å²) < 4.78 is 16.0. The molecule has 4 aliphatic heterocycles. The molecular formula is C42H46FN9O2. The Balaban J connectivity index is 0.799. The van der Waals surface area contributed by atoms with Crippen LogP contribution in [0.2, 0.25) is 0 Å². The van der Waals surface area contributed by atoms with Gasteiger partial charge in [0.1, 0.15) is 23.1 Å². The summed E-state index contributed by atoms with van der Waals surface area (Å²) in [6.45, 7) is 7.82. The number of aromatic nitrogens is 4. The number of carbonyl (C=O) groups excluding carboxylic acids is 2. The highest BCUT2D eigenvalue weighted by atomic mass is 19.1. The average Bonchev–Trinajstić information content (AvgIpc) is 3.87. The molecule has 4 aliphatic rings. The van der Waals surface area contributed by atoms with Crippen LogP contribution in [0.5, 0.6) is 0 Å². The van der Waals surface area contributed by atoms with Crippen LogP contribution in [0.15, 0.2) is 85.1 Å². The third-order valence-corrected chi connectivity index (χ3v) is 11.9. The number of fused-ring (bicyclic) bond motifs is 1. The van der Waals surface area contributed by atoms with Crippen molar-refractivity contribution in [3.05, 3.63) is 108 Å². The van der Waals surface area contributed by atoms with E-state index in [4.69, 9.17) is 10.1 Å². The molecule has 9 rings (SSSR count). The number of carbonyl (C=O) groups is 2. The van der Waals surface area contributed by atoms with Crippen LogP contribution in [0, 0.1) is 5.82 Å². The molecule has 0 bridgehead atoms. The van der Waals surface area contributed by atoms with Crippen LogP contribution in [-0.2, 0) is 16.1 Å². The summed E-state index contributed by atoms with van der Waals surface area (Å²) >= 11 is 0. The first-order chi connectivity index (χ1) is 26.4. The number of amides is 2. The molecule has 2 atom stereocenters. The van der Waals surface area contributed by atoms with E-state index in [9.17, 15) is 14.0 Å². The predicted molar refractivity (Wildman–Crippen MR) is 206 cm³/mol. The highest BCUT2D eigenvalue weighted by Crippen LogP contribution is 2.36. The first-order valence-corrected chi connectivity index (χ1v) is 19.4. The molecular weight excluding hydrogens is 682 g/mol. The molecule has 5 aromatic rings. The van der Waals surface area contributed by atoms with Gasteiger partial charge in [0, 0.05) is 51.7 Å². The Bertz CT molecular complexity index is 2140. The van der Waals surface area contributed by atoms with Gasteiger partial charge in [0.25, 0.3) is 0 Å². The minimum Gasteiger partial charge on any atom is -0.354 e. The Labute approximate surface area is 314 Å². The Hall–Kier alpha value is -5.20. The lowest BCUT2D eigenvalue weighted by Gasteiger charge is -2.43. The molecule has 4 saturated heterocycles. The molecule has 278 valence electrons. The van der Waals surface area contributed by atoms with E-state index in [1.165, 1.54) is 11.6 Å². The second-order valence-corrected chi connectivity index (χ2v) is 15.2. The summed E-state index contributed by atoms with van der Waals surface area (Å²) in [6, 6.07) is 26.2. The standard InChI is InChI=1S/C42H46FN9O2/c43-32-5-1-4-31(26-32)36-7-3-19-51(36)40-15-14-38-44-27-37(52(38)47-40)35-6-2-8-39(45-35)50-24-22-49(23-25-50)33-17-20-48(21-18-33)28-29-9-11-30(12-10-29)34-13-16-41(53)46-42(34)54/h1-2,4-6,8-12,14-15,26-27,33-34,36H,3,7,13,16-25,28H2,(H,46,53,54)/t34?,36-/m1/s1. The summed E-state index contributed by atoms with van der Waals surface area (Å²) in [5.41, 5.74) is 5.69. The maximum atomic E-state index is 14.1. The van der Waals surface area contributed by atoms with Crippen molar-refractivity contribution in [2.24, 2.45) is 0 Å². The van der Waals surface area contributed by atoms with Crippen LogP contribution in [0.3, 0.4) is 0 Å². The SMILES string of the molecule is O=C1CCC(c2ccc(CN3CCC(N4CCN(c5cccc(-c6cnc7ccc(N8CCC[C@@H]8c8cccc(F)c8)nn67)n5)CC4)CC3)cc2)C(=O)N1. The fraction of sp³-hybridized carbons (Fsp3) is 0.405. The van der Waals surface area contributed by atoms with E-state index < -0.39 is 0 Å². The van der Waals surface area contributed by atoms with Gasteiger partial charge in [-0.15, -0.1) is 5.10 Å². The number of likely N-dealkylation sites (tertiary alicyclic amines) is 1. The molecule has 0 aliphatic carbocycles. The van der Waals surface area contributed by atoms with Gasteiger partial charge in [-0.3, -0.25) is 24.7 Å². The van der Waals surface area contributed by atoms with Crippen LogP contribution < -0.4 is 15.1 Å². The van der Waals surface area contributed by atoms with E-state index in [0.717, 1.165) is 118 Å². The Morgan fingerprint density at radius 3 is 2.39 bits per heavy atom. The number of nitrogens with one attached hydrogen (secondary N) is 1. The van der Waals surface area contributed by atoms with Crippen molar-refractivity contribution >= 4 is 29.1 Å². The number of pyridine rings is 1. The average molecular weight is 728 g/mol. The predicted octanol–water partition coefficient (Wildman–Crippen LogP) is 5.58. The molecule has 0 spiro atoms. The Morgan fingerprint density at radius 1 is 0.778 bits per heavy atom. The molecule has 7 heterocycles. The van der Waals surface area contributed by atoms with Gasteiger partial charge < -0.3 is 9.80 Å². The number of imide groups is 1. The third-order valence-electron chi connectivity index (χ3n) is 11.9. The van der Waals surface area contributed by atoms with E-state index in [-0.39, 0.29) is 29.6 Å². The van der Waals surface area contributed by atoms with Crippen molar-refractivity contribution < 1.29 is 14.0 Å². The van der Waals surface area contributed by atoms with E-state index in [1.54, 1.807) is 12.1 Å². The molecule has 1 N–H and O–H groups in total. The van der Waals surface area contributed by atoms with Gasteiger partial charge in [0.15, 0.2) is 5.65 Å². The maximum absolute atomic E-state index is 14.1. The molecule has 4 fully saturated rings. The van der Waals surface area contributed by atoms with Crippen LogP contribution in [-0.4, -0.2) is 93.1 Å². The molecule has 11 nitrogen and oxygen atoms in total. The van der Waals surface area contributed by atoms with E-state index in [0.29, 0.717) is 18.9 Å². The molecule has 2 amide bonds. The molecule has 12 heteroatoms. The maximum Gasteiger partial charge on any atom is 0.234 e. The van der Waals surface area contributed by atoms with Gasteiger partial charge in [-0.05, 0) is 98.3 Å². The van der Waals surface area contributed by atoms with Crippen LogP contribution in [0.1, 0.15) is 67.2 Å². The number of rotatable bonds is 8. The number of benzene rings is 2. The summed E-state index contributed by atoms with van der Waals surface area (Å²) in [6.07, 6.45) is 7.14. The molecule has 2 aromatic carbocycles. The fourth-order valence-electron chi connectivity index (χ4n) is 8.92. The first kappa shape index (κ1) is 34.6. The molecule has 1 unspecified atom stereocenters. The van der Waals surface area contributed by atoms with Crippen molar-refractivity contribution in [3.63, 3.8) is 0 Å². The van der Waals surface area contributed by atoms with Gasteiger partial charge >= 0.3 is 0 Å². The smallest absolute Gasteiger partial charge is 0.234 e. The van der Waals surface area contributed by atoms with E-state index in [2.05, 4.69) is 66.3 Å². The summed E-state index contributed by atoms with van der Waals surface area (Å²) in [4.78, 5) is 43.5. The summed E-state index contributed by atoms with van der Waals surface area (Å²) in [7, 11) is 0. The monoisotopic (exact) mass is 727 g/mol. The molecule has 0 radical (unpaired) electrons. The number of hydrogen-bond donors (Lipinski definition) is 1. The number of halogens is 1. The minimum atomic E-state index is -0.236. The van der Waals surface area contributed by atoms with Crippen molar-refractivity contribution in [1.29, 1.82) is 0 Å². The van der Waals surface area contributed by atoms with E-state index in [1.807, 2.05) is 35.0 Å². The topological polar surface area (TPSA) is 102 Å². The zero-order chi connectivity index (χ0) is 36.6. The van der Waals surface area contributed by atoms with Gasteiger partial charge in [-0.25, -0.2) is 18.9 Å². The van der Waals surface area contributed by atoms with Crippen LogP contribution in [0.25, 0.3) is 17.0 Å². The highest BCUT2D eigenvalue weighted by Gasteiger charge is 2.31. The lowest BCUT2D eigenvalue weighted by atomic mass is 9.90. The second-order valence-electron chi connectivity index (χ2n) is 15.2. The number of hydrogen-bond acceptors (Lipinski definition) is 9. The van der Waals surface area contributed by atoms with Gasteiger partial charge in [-0.1, -0.05) is 42.5 Å². The summed E-state index contributed by atoms with van der Waals surface area (Å²) in [5.74, 6) is 1.03. The van der Waals surface area contributed by atoms with Crippen molar-refractivity contribution in [2.75, 3.05) is 55.6 Å². The van der Waals surface area contributed by atoms with Gasteiger partial charge in [0.2, 0.25) is 11.8 Å². The van der Waals surface area contributed by atoms with Crippen molar-refractivity contribution in [3.8, 4) is 11.4 Å². The van der Waals surface area contributed by atoms with Crippen molar-refractivity contribution in [2.45, 2.75) is 63.1 Å². The number of piperazine rings is 1. The molecule has 0 saturated carbocycles. The Kier molecular flexibility index (Phi) is 9.54. The number of nitrogens with zero attached hydrogens (tertiary/aromatic N) is 8. The normalized spacial score (nSPS) is 21.9. The zero-order valence-corrected chi connectivity index (χ0v) is 30.5. The van der Waals surface area contributed by atoms with Crippen LogP contribution >= 0.6 is 0 Å². The zero-order valence-electron chi connectivity index (χ0n) is 30.5.